The van der Waals surface area contributed by atoms with Crippen LogP contribution in [0.4, 0.5) is 4.79 Å². The van der Waals surface area contributed by atoms with Gasteiger partial charge in [-0.3, -0.25) is 9.59 Å². The number of benzene rings is 2. The largest absolute Gasteiger partial charge is 0.444 e. The fourth-order valence-electron chi connectivity index (χ4n) is 4.71. The quantitative estimate of drug-likeness (QED) is 0.209. The van der Waals surface area contributed by atoms with E-state index in [0.717, 1.165) is 31.2 Å². The van der Waals surface area contributed by atoms with Gasteiger partial charge >= 0.3 is 6.09 Å². The first kappa shape index (κ1) is 34.4. The Bertz CT molecular complexity index is 1210. The second-order valence-electron chi connectivity index (χ2n) is 12.7. The summed E-state index contributed by atoms with van der Waals surface area (Å²) in [7, 11) is 0. The summed E-state index contributed by atoms with van der Waals surface area (Å²) in [6.07, 6.45) is 10.2. The van der Waals surface area contributed by atoms with Crippen molar-refractivity contribution in [3.63, 3.8) is 0 Å². The van der Waals surface area contributed by atoms with Gasteiger partial charge in [-0.15, -0.1) is 6.42 Å². The predicted molar refractivity (Wildman–Crippen MR) is 169 cm³/mol. The minimum absolute atomic E-state index is 0.232. The molecule has 0 saturated carbocycles. The Kier molecular flexibility index (Phi) is 13.1. The molecule has 0 bridgehead atoms. The highest BCUT2D eigenvalue weighted by molar-refractivity contribution is 5.93. The van der Waals surface area contributed by atoms with Gasteiger partial charge in [-0.25, -0.2) is 4.79 Å². The van der Waals surface area contributed by atoms with Crippen LogP contribution in [0.2, 0.25) is 0 Å². The van der Waals surface area contributed by atoms with Gasteiger partial charge in [-0.1, -0.05) is 87.1 Å². The monoisotopic (exact) mass is 575 g/mol. The van der Waals surface area contributed by atoms with Gasteiger partial charge in [0.25, 0.3) is 0 Å². The summed E-state index contributed by atoms with van der Waals surface area (Å²) >= 11 is 0. The lowest BCUT2D eigenvalue weighted by molar-refractivity contribution is -0.143. The van der Waals surface area contributed by atoms with E-state index in [1.54, 1.807) is 37.8 Å². The molecular weight excluding hydrogens is 526 g/mol. The van der Waals surface area contributed by atoms with Gasteiger partial charge in [0, 0.05) is 24.1 Å². The van der Waals surface area contributed by atoms with Crippen LogP contribution in [0.3, 0.4) is 0 Å². The van der Waals surface area contributed by atoms with Crippen molar-refractivity contribution in [3.8, 4) is 12.3 Å². The van der Waals surface area contributed by atoms with E-state index in [1.165, 1.54) is 0 Å². The molecule has 2 aromatic rings. The first-order valence-electron chi connectivity index (χ1n) is 15.0. The lowest BCUT2D eigenvalue weighted by Gasteiger charge is -2.36. The second-order valence-corrected chi connectivity index (χ2v) is 12.7. The Morgan fingerprint density at radius 1 is 0.905 bits per heavy atom. The Hall–Kier alpha value is -3.79. The molecule has 0 spiro atoms. The van der Waals surface area contributed by atoms with Gasteiger partial charge in [0.2, 0.25) is 11.8 Å². The second kappa shape index (κ2) is 16.0. The molecule has 0 saturated heterocycles. The van der Waals surface area contributed by atoms with Gasteiger partial charge in [-0.2, -0.15) is 0 Å². The molecule has 7 nitrogen and oxygen atoms in total. The number of amides is 3. The standard InChI is InChI=1S/C35H49N3O4/c1-9-11-12-13-19-24-38(30(31(39)37-34(3,4)5)28-23-18-17-22-27(28)10-2)32(40)29(25-26-20-15-14-16-21-26)36-33(41)42-35(6,7)8/h2,14-18,20-23,29-30H,9,11-13,19,24-25H2,1,3-8H3,(H,36,41)(H,37,39). The van der Waals surface area contributed by atoms with E-state index in [4.69, 9.17) is 11.2 Å². The van der Waals surface area contributed by atoms with Crippen molar-refractivity contribution >= 4 is 17.9 Å². The Labute approximate surface area is 252 Å². The summed E-state index contributed by atoms with van der Waals surface area (Å²) in [5.41, 5.74) is 0.683. The van der Waals surface area contributed by atoms with E-state index in [2.05, 4.69) is 23.5 Å². The number of nitrogens with one attached hydrogen (secondary N) is 2. The summed E-state index contributed by atoms with van der Waals surface area (Å²) in [4.78, 5) is 43.2. The third-order valence-corrected chi connectivity index (χ3v) is 6.53. The highest BCUT2D eigenvalue weighted by Crippen LogP contribution is 2.28. The number of nitrogens with zero attached hydrogens (tertiary/aromatic N) is 1. The molecule has 0 fully saturated rings. The fourth-order valence-corrected chi connectivity index (χ4v) is 4.71. The first-order chi connectivity index (χ1) is 19.8. The first-order valence-corrected chi connectivity index (χ1v) is 15.0. The smallest absolute Gasteiger partial charge is 0.408 e. The Balaban J connectivity index is 2.62. The number of ether oxygens (including phenoxy) is 1. The predicted octanol–water partition coefficient (Wildman–Crippen LogP) is 6.56. The number of rotatable bonds is 13. The molecule has 2 aromatic carbocycles. The van der Waals surface area contributed by atoms with Crippen molar-refractivity contribution in [2.24, 2.45) is 0 Å². The summed E-state index contributed by atoms with van der Waals surface area (Å²) in [5.74, 6) is 1.99. The van der Waals surface area contributed by atoms with Gasteiger partial charge in [0.15, 0.2) is 0 Å². The number of hydrogen-bond donors (Lipinski definition) is 2. The zero-order chi connectivity index (χ0) is 31.3. The van der Waals surface area contributed by atoms with E-state index in [0.29, 0.717) is 24.1 Å². The van der Waals surface area contributed by atoms with E-state index in [-0.39, 0.29) is 18.2 Å². The molecule has 2 atom stereocenters. The van der Waals surface area contributed by atoms with Crippen molar-refractivity contribution in [3.05, 3.63) is 71.3 Å². The van der Waals surface area contributed by atoms with Crippen LogP contribution in [0.1, 0.15) is 103 Å². The van der Waals surface area contributed by atoms with Gasteiger partial charge in [0.1, 0.15) is 17.7 Å². The molecular formula is C35H49N3O4. The maximum Gasteiger partial charge on any atom is 0.408 e. The molecule has 228 valence electrons. The topological polar surface area (TPSA) is 87.7 Å². The van der Waals surface area contributed by atoms with Crippen LogP contribution < -0.4 is 10.6 Å². The molecule has 2 rings (SSSR count). The van der Waals surface area contributed by atoms with Crippen LogP contribution in [0.15, 0.2) is 54.6 Å². The van der Waals surface area contributed by atoms with Crippen molar-refractivity contribution in [1.29, 1.82) is 0 Å². The molecule has 42 heavy (non-hydrogen) atoms. The zero-order valence-electron chi connectivity index (χ0n) is 26.5. The SMILES string of the molecule is C#Cc1ccccc1C(C(=O)NC(C)(C)C)N(CCCCCCC)C(=O)C(Cc1ccccc1)NC(=O)OC(C)(C)C. The Morgan fingerprint density at radius 2 is 1.52 bits per heavy atom. The molecule has 0 aliphatic rings. The number of terminal acetylenes is 1. The minimum Gasteiger partial charge on any atom is -0.444 e. The molecule has 0 radical (unpaired) electrons. The van der Waals surface area contributed by atoms with Crippen LogP contribution in [-0.2, 0) is 20.7 Å². The zero-order valence-corrected chi connectivity index (χ0v) is 26.5. The number of unbranched alkanes of at least 4 members (excludes halogenated alkanes) is 4. The molecule has 2 N–H and O–H groups in total. The highest BCUT2D eigenvalue weighted by atomic mass is 16.6. The van der Waals surface area contributed by atoms with Crippen molar-refractivity contribution in [2.45, 2.75) is 110 Å². The van der Waals surface area contributed by atoms with Crippen LogP contribution in [-0.4, -0.2) is 46.5 Å². The highest BCUT2D eigenvalue weighted by Gasteiger charge is 2.38. The Morgan fingerprint density at radius 3 is 2.12 bits per heavy atom. The van der Waals surface area contributed by atoms with Gasteiger partial charge in [0.05, 0.1) is 0 Å². The van der Waals surface area contributed by atoms with Crippen LogP contribution in [0.5, 0.6) is 0 Å². The minimum atomic E-state index is -0.992. The van der Waals surface area contributed by atoms with Crippen LogP contribution in [0.25, 0.3) is 0 Å². The van der Waals surface area contributed by atoms with E-state index in [1.807, 2.05) is 63.2 Å². The molecule has 0 heterocycles. The molecule has 3 amide bonds. The number of carbonyl (C=O) groups excluding carboxylic acids is 3. The van der Waals surface area contributed by atoms with Crippen molar-refractivity contribution in [1.82, 2.24) is 15.5 Å². The third kappa shape index (κ3) is 11.6. The molecule has 0 aromatic heterocycles. The van der Waals surface area contributed by atoms with E-state index in [9.17, 15) is 14.4 Å². The summed E-state index contributed by atoms with van der Waals surface area (Å²) in [6.45, 7) is 13.5. The summed E-state index contributed by atoms with van der Waals surface area (Å²) < 4.78 is 5.53. The number of hydrogen-bond acceptors (Lipinski definition) is 4. The third-order valence-electron chi connectivity index (χ3n) is 6.53. The molecule has 7 heteroatoms. The number of carbonyl (C=O) groups is 3. The number of alkyl carbamates (subject to hydrolysis) is 1. The summed E-state index contributed by atoms with van der Waals surface area (Å²) in [6, 6.07) is 14.7. The average molecular weight is 576 g/mol. The summed E-state index contributed by atoms with van der Waals surface area (Å²) in [5, 5.41) is 5.87. The van der Waals surface area contributed by atoms with Gasteiger partial charge in [-0.05, 0) is 65.2 Å². The lowest BCUT2D eigenvalue weighted by Crippen LogP contribution is -2.55. The van der Waals surface area contributed by atoms with Crippen molar-refractivity contribution < 1.29 is 19.1 Å². The maximum absolute atomic E-state index is 14.6. The average Bonchev–Trinajstić information content (AvgIpc) is 2.90. The van der Waals surface area contributed by atoms with Crippen molar-refractivity contribution in [2.75, 3.05) is 6.54 Å². The van der Waals surface area contributed by atoms with E-state index < -0.39 is 29.3 Å². The lowest BCUT2D eigenvalue weighted by atomic mass is 9.95. The van der Waals surface area contributed by atoms with E-state index >= 15 is 0 Å². The molecule has 2 unspecified atom stereocenters. The maximum atomic E-state index is 14.6. The normalized spacial score (nSPS) is 12.9. The molecule has 0 aliphatic heterocycles. The molecule has 0 aliphatic carbocycles. The van der Waals surface area contributed by atoms with Gasteiger partial charge < -0.3 is 20.3 Å². The fraction of sp³-hybridized carbons (Fsp3) is 0.514. The van der Waals surface area contributed by atoms with Crippen LogP contribution in [0, 0.1) is 12.3 Å². The van der Waals surface area contributed by atoms with Crippen LogP contribution >= 0.6 is 0 Å².